The number of benzene rings is 3. The van der Waals surface area contributed by atoms with Crippen LogP contribution in [0.2, 0.25) is 0 Å². The molecule has 4 nitrogen and oxygen atoms in total. The minimum absolute atomic E-state index is 0.881. The quantitative estimate of drug-likeness (QED) is 0.243. The van der Waals surface area contributed by atoms with Gasteiger partial charge in [0.2, 0.25) is 0 Å². The number of imidazole rings is 1. The maximum Gasteiger partial charge on any atom is 0.165 e. The van der Waals surface area contributed by atoms with E-state index >= 15 is 0 Å². The van der Waals surface area contributed by atoms with Crippen molar-refractivity contribution in [3.63, 3.8) is 0 Å². The van der Waals surface area contributed by atoms with Crippen molar-refractivity contribution in [3.05, 3.63) is 108 Å². The largest absolute Gasteiger partial charge is 0.274 e. The van der Waals surface area contributed by atoms with Crippen LogP contribution in [0.3, 0.4) is 0 Å². The lowest BCUT2D eigenvalue weighted by atomic mass is 9.96. The van der Waals surface area contributed by atoms with Crippen molar-refractivity contribution < 1.29 is 0 Å². The maximum absolute atomic E-state index is 5.11. The number of hydrogen-bond donors (Lipinski definition) is 0. The second-order valence-electron chi connectivity index (χ2n) is 9.65. The van der Waals surface area contributed by atoms with Gasteiger partial charge in [0, 0.05) is 23.2 Å². The third-order valence-electron chi connectivity index (χ3n) is 8.03. The summed E-state index contributed by atoms with van der Waals surface area (Å²) in [6, 6.07) is 24.2. The third kappa shape index (κ3) is 2.11. The lowest BCUT2D eigenvalue weighted by Crippen LogP contribution is -1.96. The molecule has 0 unspecified atom stereocenters. The summed E-state index contributed by atoms with van der Waals surface area (Å²) in [6.07, 6.45) is 7.61. The SMILES string of the molecule is c1ccc2c(c1)Cc1c-2ccc2c1Cc1c-2ccc2c3ccncc3n3c4ncccc4nc3c12. The summed E-state index contributed by atoms with van der Waals surface area (Å²) in [4.78, 5) is 14.3. The van der Waals surface area contributed by atoms with Crippen molar-refractivity contribution in [3.8, 4) is 22.3 Å². The Morgan fingerprint density at radius 1 is 0.629 bits per heavy atom. The molecule has 0 N–H and O–H groups in total. The van der Waals surface area contributed by atoms with Gasteiger partial charge in [0.25, 0.3) is 0 Å². The van der Waals surface area contributed by atoms with Gasteiger partial charge in [-0.2, -0.15) is 0 Å². The summed E-state index contributed by atoms with van der Waals surface area (Å²) < 4.78 is 2.20. The van der Waals surface area contributed by atoms with Crippen LogP contribution < -0.4 is 0 Å². The van der Waals surface area contributed by atoms with E-state index in [0.717, 1.165) is 35.2 Å². The van der Waals surface area contributed by atoms with Crippen molar-refractivity contribution >= 4 is 38.5 Å². The van der Waals surface area contributed by atoms with Crippen LogP contribution in [0.1, 0.15) is 22.3 Å². The standard InChI is InChI=1S/C31H18N4/c1-2-5-18-17(4-1)14-24-19(18)7-8-20-21-9-10-23-22-11-13-32-16-28(22)35-30-27(6-3-12-33-30)34-31(35)29(23)26(21)15-25(20)24/h1-13,16H,14-15H2. The average molecular weight is 447 g/mol. The Balaban J connectivity index is 1.41. The van der Waals surface area contributed by atoms with Gasteiger partial charge in [-0.15, -0.1) is 0 Å². The van der Waals surface area contributed by atoms with E-state index in [-0.39, 0.29) is 0 Å². The zero-order chi connectivity index (χ0) is 22.7. The van der Waals surface area contributed by atoms with Crippen molar-refractivity contribution in [1.82, 2.24) is 19.4 Å². The van der Waals surface area contributed by atoms with Crippen LogP contribution in [0, 0.1) is 0 Å². The van der Waals surface area contributed by atoms with Gasteiger partial charge in [-0.25, -0.2) is 9.97 Å². The fourth-order valence-electron chi connectivity index (χ4n) is 6.57. The molecule has 0 spiro atoms. The molecule has 0 bridgehead atoms. The lowest BCUT2D eigenvalue weighted by molar-refractivity contribution is 1.17. The molecule has 0 radical (unpaired) electrons. The van der Waals surface area contributed by atoms with E-state index in [4.69, 9.17) is 9.97 Å². The predicted octanol–water partition coefficient (Wildman–Crippen LogP) is 6.73. The summed E-state index contributed by atoms with van der Waals surface area (Å²) in [5.41, 5.74) is 15.1. The van der Waals surface area contributed by atoms with E-state index < -0.39 is 0 Å². The van der Waals surface area contributed by atoms with Gasteiger partial charge in [-0.1, -0.05) is 48.5 Å². The van der Waals surface area contributed by atoms with E-state index in [0.29, 0.717) is 0 Å². The molecule has 2 aliphatic carbocycles. The van der Waals surface area contributed by atoms with Gasteiger partial charge in [0.15, 0.2) is 5.65 Å². The van der Waals surface area contributed by atoms with E-state index in [2.05, 4.69) is 64.0 Å². The first kappa shape index (κ1) is 17.8. The Labute approximate surface area is 200 Å². The Kier molecular flexibility index (Phi) is 3.11. The lowest BCUT2D eigenvalue weighted by Gasteiger charge is -2.12. The van der Waals surface area contributed by atoms with Gasteiger partial charge in [-0.3, -0.25) is 9.38 Å². The number of pyridine rings is 3. The number of aromatic nitrogens is 4. The number of nitrogens with zero attached hydrogens (tertiary/aromatic N) is 4. The number of fused-ring (bicyclic) bond motifs is 16. The van der Waals surface area contributed by atoms with Crippen LogP contribution in [0.15, 0.2) is 85.3 Å². The smallest absolute Gasteiger partial charge is 0.165 e. The molecule has 0 fully saturated rings. The Morgan fingerprint density at radius 2 is 1.46 bits per heavy atom. The van der Waals surface area contributed by atoms with Crippen LogP contribution in [0.5, 0.6) is 0 Å². The predicted molar refractivity (Wildman–Crippen MR) is 140 cm³/mol. The summed E-state index contributed by atoms with van der Waals surface area (Å²) in [5.74, 6) is 0. The topological polar surface area (TPSA) is 43.1 Å². The minimum atomic E-state index is 0.881. The Hall–Kier alpha value is -4.57. The zero-order valence-electron chi connectivity index (χ0n) is 18.8. The van der Waals surface area contributed by atoms with E-state index in [1.54, 1.807) is 0 Å². The monoisotopic (exact) mass is 446 g/mol. The fraction of sp³-hybridized carbons (Fsp3) is 0.0645. The second kappa shape index (κ2) is 6.10. The molecule has 0 amide bonds. The number of rotatable bonds is 0. The highest BCUT2D eigenvalue weighted by Gasteiger charge is 2.30. The summed E-state index contributed by atoms with van der Waals surface area (Å²) in [5, 5.41) is 3.65. The normalized spacial score (nSPS) is 13.5. The van der Waals surface area contributed by atoms with E-state index in [9.17, 15) is 0 Å². The molecule has 3 aromatic carbocycles. The molecule has 0 atom stereocenters. The Bertz CT molecular complexity index is 2070. The van der Waals surface area contributed by atoms with Crippen LogP contribution in [0.25, 0.3) is 60.7 Å². The Morgan fingerprint density at radius 3 is 2.43 bits per heavy atom. The zero-order valence-corrected chi connectivity index (χ0v) is 18.8. The summed E-state index contributed by atoms with van der Waals surface area (Å²) in [7, 11) is 0. The molecule has 35 heavy (non-hydrogen) atoms. The van der Waals surface area contributed by atoms with E-state index in [1.165, 1.54) is 60.7 Å². The molecule has 0 saturated carbocycles. The average Bonchev–Trinajstić information content (AvgIpc) is 3.59. The van der Waals surface area contributed by atoms with Crippen LogP contribution in [-0.4, -0.2) is 19.4 Å². The highest BCUT2D eigenvalue weighted by Crippen LogP contribution is 2.49. The summed E-state index contributed by atoms with van der Waals surface area (Å²) in [6.45, 7) is 0. The highest BCUT2D eigenvalue weighted by atomic mass is 15.1. The van der Waals surface area contributed by atoms with Crippen molar-refractivity contribution in [1.29, 1.82) is 0 Å². The molecule has 9 rings (SSSR count). The third-order valence-corrected chi connectivity index (χ3v) is 8.03. The van der Waals surface area contributed by atoms with Gasteiger partial charge < -0.3 is 0 Å². The molecule has 4 heteroatoms. The van der Waals surface area contributed by atoms with Crippen LogP contribution in [0.4, 0.5) is 0 Å². The van der Waals surface area contributed by atoms with Gasteiger partial charge in [0.05, 0.1) is 11.7 Å². The summed E-state index contributed by atoms with van der Waals surface area (Å²) >= 11 is 0. The molecule has 0 aliphatic heterocycles. The van der Waals surface area contributed by atoms with Crippen molar-refractivity contribution in [2.75, 3.05) is 0 Å². The molecule has 4 aromatic heterocycles. The minimum Gasteiger partial charge on any atom is -0.274 e. The van der Waals surface area contributed by atoms with Crippen LogP contribution in [-0.2, 0) is 12.8 Å². The van der Waals surface area contributed by atoms with Crippen LogP contribution >= 0.6 is 0 Å². The molecule has 4 heterocycles. The second-order valence-corrected chi connectivity index (χ2v) is 9.65. The van der Waals surface area contributed by atoms with Gasteiger partial charge in [0.1, 0.15) is 11.2 Å². The molecule has 7 aromatic rings. The van der Waals surface area contributed by atoms with Gasteiger partial charge >= 0.3 is 0 Å². The highest BCUT2D eigenvalue weighted by molar-refractivity contribution is 6.16. The maximum atomic E-state index is 5.11. The van der Waals surface area contributed by atoms with Gasteiger partial charge in [-0.05, 0) is 80.9 Å². The van der Waals surface area contributed by atoms with Crippen molar-refractivity contribution in [2.45, 2.75) is 12.8 Å². The van der Waals surface area contributed by atoms with E-state index in [1.807, 2.05) is 30.7 Å². The number of hydrogen-bond acceptors (Lipinski definition) is 3. The molecule has 0 saturated heterocycles. The molecular formula is C31H18N4. The molecule has 2 aliphatic rings. The first-order chi connectivity index (χ1) is 17.4. The molecule has 162 valence electrons. The van der Waals surface area contributed by atoms with Crippen molar-refractivity contribution in [2.24, 2.45) is 0 Å². The first-order valence-corrected chi connectivity index (χ1v) is 12.0. The fourth-order valence-corrected chi connectivity index (χ4v) is 6.57. The first-order valence-electron chi connectivity index (χ1n) is 12.0. The molecular weight excluding hydrogens is 428 g/mol.